The summed E-state index contributed by atoms with van der Waals surface area (Å²) < 4.78 is 0.987. The second-order valence-electron chi connectivity index (χ2n) is 5.06. The van der Waals surface area contributed by atoms with E-state index in [0.29, 0.717) is 15.7 Å². The van der Waals surface area contributed by atoms with Crippen molar-refractivity contribution in [1.82, 2.24) is 20.5 Å². The van der Waals surface area contributed by atoms with Crippen LogP contribution in [0.25, 0.3) is 10.2 Å². The van der Waals surface area contributed by atoms with E-state index in [2.05, 4.69) is 20.5 Å². The van der Waals surface area contributed by atoms with E-state index in [4.69, 9.17) is 5.73 Å². The van der Waals surface area contributed by atoms with Gasteiger partial charge in [-0.15, -0.1) is 21.5 Å². The molecule has 0 saturated heterocycles. The van der Waals surface area contributed by atoms with Crippen LogP contribution in [0.1, 0.15) is 29.2 Å². The van der Waals surface area contributed by atoms with E-state index in [1.54, 1.807) is 11.6 Å². The summed E-state index contributed by atoms with van der Waals surface area (Å²) in [6.07, 6.45) is 0. The predicted molar refractivity (Wildman–Crippen MR) is 84.4 cm³/mol. The molecule has 3 N–H and O–H groups in total. The van der Waals surface area contributed by atoms with E-state index >= 15 is 0 Å². The zero-order chi connectivity index (χ0) is 15.0. The van der Waals surface area contributed by atoms with Gasteiger partial charge in [-0.3, -0.25) is 4.79 Å². The second kappa shape index (κ2) is 5.05. The van der Waals surface area contributed by atoms with Gasteiger partial charge < -0.3 is 11.1 Å². The lowest BCUT2D eigenvalue weighted by Crippen LogP contribution is -2.40. The minimum absolute atomic E-state index is 0.163. The smallest absolute Gasteiger partial charge is 0.252 e. The summed E-state index contributed by atoms with van der Waals surface area (Å²) >= 11 is 2.78. The van der Waals surface area contributed by atoms with Crippen LogP contribution in [0.15, 0.2) is 23.7 Å². The van der Waals surface area contributed by atoms with E-state index in [0.717, 1.165) is 10.2 Å². The van der Waals surface area contributed by atoms with E-state index in [1.165, 1.54) is 22.7 Å². The summed E-state index contributed by atoms with van der Waals surface area (Å²) in [5, 5.41) is 11.8. The molecule has 1 aromatic carbocycles. The standard InChI is InChI=1S/C13H13N5OS2/c1-13(2,11-17-18-12(14)21-11)16-10(19)7-3-4-8-9(5-7)20-6-15-8/h3-6H,1-2H3,(H2,14,18)(H,16,19). The maximum atomic E-state index is 12.4. The molecule has 1 amide bonds. The third kappa shape index (κ3) is 2.72. The fourth-order valence-corrected chi connectivity index (χ4v) is 3.28. The first kappa shape index (κ1) is 13.9. The van der Waals surface area contributed by atoms with Crippen molar-refractivity contribution in [2.45, 2.75) is 19.4 Å². The number of anilines is 1. The number of hydrogen-bond donors (Lipinski definition) is 2. The third-order valence-electron chi connectivity index (χ3n) is 2.99. The Bertz CT molecular complexity index is 808. The molecule has 0 atom stereocenters. The van der Waals surface area contributed by atoms with Crippen molar-refractivity contribution in [3.05, 3.63) is 34.3 Å². The summed E-state index contributed by atoms with van der Waals surface area (Å²) in [7, 11) is 0. The second-order valence-corrected chi connectivity index (χ2v) is 6.95. The molecule has 2 heterocycles. The van der Waals surface area contributed by atoms with E-state index in [1.807, 2.05) is 26.0 Å². The Labute approximate surface area is 129 Å². The Hall–Kier alpha value is -2.06. The summed E-state index contributed by atoms with van der Waals surface area (Å²) in [5.74, 6) is -0.163. The van der Waals surface area contributed by atoms with Gasteiger partial charge >= 0.3 is 0 Å². The fraction of sp³-hybridized carbons (Fsp3) is 0.231. The number of benzene rings is 1. The molecule has 0 aliphatic rings. The van der Waals surface area contributed by atoms with Gasteiger partial charge in [-0.2, -0.15) is 0 Å². The molecule has 0 spiro atoms. The van der Waals surface area contributed by atoms with Gasteiger partial charge in [0.15, 0.2) is 0 Å². The Kier molecular flexibility index (Phi) is 3.34. The number of carbonyl (C=O) groups is 1. The van der Waals surface area contributed by atoms with Crippen LogP contribution in [0, 0.1) is 0 Å². The maximum absolute atomic E-state index is 12.4. The fourth-order valence-electron chi connectivity index (χ4n) is 1.89. The normalized spacial score (nSPS) is 11.7. The van der Waals surface area contributed by atoms with Crippen LogP contribution in [0.4, 0.5) is 5.13 Å². The highest BCUT2D eigenvalue weighted by atomic mass is 32.1. The topological polar surface area (TPSA) is 93.8 Å². The summed E-state index contributed by atoms with van der Waals surface area (Å²) in [5.41, 5.74) is 8.22. The highest BCUT2D eigenvalue weighted by molar-refractivity contribution is 7.16. The van der Waals surface area contributed by atoms with Crippen molar-refractivity contribution in [3.63, 3.8) is 0 Å². The largest absolute Gasteiger partial charge is 0.374 e. The van der Waals surface area contributed by atoms with Crippen molar-refractivity contribution >= 4 is 43.9 Å². The Balaban J connectivity index is 1.84. The molecule has 6 nitrogen and oxygen atoms in total. The molecule has 3 rings (SSSR count). The predicted octanol–water partition coefficient (Wildman–Crippen LogP) is 2.40. The van der Waals surface area contributed by atoms with Crippen LogP contribution < -0.4 is 11.1 Å². The van der Waals surface area contributed by atoms with E-state index in [9.17, 15) is 4.79 Å². The summed E-state index contributed by atoms with van der Waals surface area (Å²) in [6, 6.07) is 5.45. The number of hydrogen-bond acceptors (Lipinski definition) is 7. The molecule has 0 radical (unpaired) electrons. The SMILES string of the molecule is CC(C)(NC(=O)c1ccc2ncsc2c1)c1nnc(N)s1. The number of nitrogens with one attached hydrogen (secondary N) is 1. The lowest BCUT2D eigenvalue weighted by atomic mass is 10.1. The van der Waals surface area contributed by atoms with Gasteiger partial charge in [-0.05, 0) is 32.0 Å². The first-order chi connectivity index (χ1) is 9.95. The van der Waals surface area contributed by atoms with Crippen molar-refractivity contribution in [2.24, 2.45) is 0 Å². The number of thiazole rings is 1. The average Bonchev–Trinajstić information content (AvgIpc) is 3.05. The molecule has 2 aromatic heterocycles. The van der Waals surface area contributed by atoms with E-state index < -0.39 is 5.54 Å². The third-order valence-corrected chi connectivity index (χ3v) is 4.86. The van der Waals surface area contributed by atoms with Crippen molar-refractivity contribution in [1.29, 1.82) is 0 Å². The number of aromatic nitrogens is 3. The number of amides is 1. The van der Waals surface area contributed by atoms with Gasteiger partial charge in [0.2, 0.25) is 5.13 Å². The van der Waals surface area contributed by atoms with Gasteiger partial charge in [0.05, 0.1) is 21.3 Å². The van der Waals surface area contributed by atoms with Crippen LogP contribution in [0.5, 0.6) is 0 Å². The molecule has 8 heteroatoms. The highest BCUT2D eigenvalue weighted by Gasteiger charge is 2.27. The van der Waals surface area contributed by atoms with E-state index in [-0.39, 0.29) is 5.91 Å². The zero-order valence-corrected chi connectivity index (χ0v) is 13.1. The van der Waals surface area contributed by atoms with Crippen molar-refractivity contribution < 1.29 is 4.79 Å². The van der Waals surface area contributed by atoms with Crippen molar-refractivity contribution in [3.8, 4) is 0 Å². The summed E-state index contributed by atoms with van der Waals surface area (Å²) in [6.45, 7) is 3.74. The molecule has 21 heavy (non-hydrogen) atoms. The van der Waals surface area contributed by atoms with Crippen LogP contribution in [0.3, 0.4) is 0 Å². The van der Waals surface area contributed by atoms with Gasteiger partial charge in [-0.25, -0.2) is 4.98 Å². The van der Waals surface area contributed by atoms with Crippen LogP contribution in [0.2, 0.25) is 0 Å². The minimum atomic E-state index is -0.630. The molecule has 0 unspecified atom stereocenters. The summed E-state index contributed by atoms with van der Waals surface area (Å²) in [4.78, 5) is 16.6. The Morgan fingerprint density at radius 2 is 2.14 bits per heavy atom. The van der Waals surface area contributed by atoms with Crippen molar-refractivity contribution in [2.75, 3.05) is 5.73 Å². The molecular weight excluding hydrogens is 306 g/mol. The molecular formula is C13H13N5OS2. The zero-order valence-electron chi connectivity index (χ0n) is 11.5. The van der Waals surface area contributed by atoms with Crippen LogP contribution in [-0.2, 0) is 5.54 Å². The van der Waals surface area contributed by atoms with Gasteiger partial charge in [0.25, 0.3) is 5.91 Å². The highest BCUT2D eigenvalue weighted by Crippen LogP contribution is 2.26. The first-order valence-corrected chi connectivity index (χ1v) is 7.90. The molecule has 0 aliphatic carbocycles. The monoisotopic (exact) mass is 319 g/mol. The number of fused-ring (bicyclic) bond motifs is 1. The number of nitrogen functional groups attached to an aromatic ring is 1. The molecule has 0 aliphatic heterocycles. The first-order valence-electron chi connectivity index (χ1n) is 6.21. The van der Waals surface area contributed by atoms with Gasteiger partial charge in [-0.1, -0.05) is 11.3 Å². The van der Waals surface area contributed by atoms with Crippen LogP contribution in [-0.4, -0.2) is 21.1 Å². The molecule has 0 saturated carbocycles. The minimum Gasteiger partial charge on any atom is -0.374 e. The number of nitrogens with two attached hydrogens (primary N) is 1. The molecule has 0 bridgehead atoms. The molecule has 3 aromatic rings. The lowest BCUT2D eigenvalue weighted by molar-refractivity contribution is 0.0912. The quantitative estimate of drug-likeness (QED) is 0.773. The van der Waals surface area contributed by atoms with Gasteiger partial charge in [0, 0.05) is 5.56 Å². The number of rotatable bonds is 3. The number of nitrogens with zero attached hydrogens (tertiary/aromatic N) is 3. The maximum Gasteiger partial charge on any atom is 0.252 e. The average molecular weight is 319 g/mol. The van der Waals surface area contributed by atoms with Gasteiger partial charge in [0.1, 0.15) is 5.01 Å². The molecule has 0 fully saturated rings. The molecule has 108 valence electrons. The lowest BCUT2D eigenvalue weighted by Gasteiger charge is -2.23. The number of carbonyl (C=O) groups excluding carboxylic acids is 1. The Morgan fingerprint density at radius 3 is 2.86 bits per heavy atom. The van der Waals surface area contributed by atoms with Crippen LogP contribution >= 0.6 is 22.7 Å². The Morgan fingerprint density at radius 1 is 1.33 bits per heavy atom.